The standard InChI is InChI=1S/C16H16ClN5O4S/c1-8-11(14(24)20-15(25)18-8)6-13-21-22-16(26-13)27-7-12(23)19-10-4-2-3-9(17)5-10/h2-5,8,11H,6-7H2,1H3,(H,19,23)(H2,18,20,24,25). The number of benzene rings is 1. The predicted molar refractivity (Wildman–Crippen MR) is 98.4 cm³/mol. The Hall–Kier alpha value is -2.59. The third-order valence-electron chi connectivity index (χ3n) is 3.81. The van der Waals surface area contributed by atoms with Crippen molar-refractivity contribution in [2.75, 3.05) is 11.1 Å². The predicted octanol–water partition coefficient (Wildman–Crippen LogP) is 1.84. The number of nitrogens with zero attached hydrogens (tertiary/aromatic N) is 2. The van der Waals surface area contributed by atoms with Gasteiger partial charge in [0, 0.05) is 23.2 Å². The zero-order chi connectivity index (χ0) is 19.4. The molecule has 0 spiro atoms. The summed E-state index contributed by atoms with van der Waals surface area (Å²) in [6.45, 7) is 1.73. The second-order valence-corrected chi connectivity index (χ2v) is 7.23. The van der Waals surface area contributed by atoms with Gasteiger partial charge in [0.25, 0.3) is 5.22 Å². The summed E-state index contributed by atoms with van der Waals surface area (Å²) in [6, 6.07) is 5.96. The second-order valence-electron chi connectivity index (χ2n) is 5.87. The van der Waals surface area contributed by atoms with Crippen molar-refractivity contribution in [3.8, 4) is 0 Å². The van der Waals surface area contributed by atoms with Crippen molar-refractivity contribution >= 4 is 46.9 Å². The van der Waals surface area contributed by atoms with Crippen LogP contribution in [0.3, 0.4) is 0 Å². The van der Waals surface area contributed by atoms with Crippen molar-refractivity contribution in [2.45, 2.75) is 24.6 Å². The Bertz CT molecular complexity index is 874. The van der Waals surface area contributed by atoms with Gasteiger partial charge < -0.3 is 15.1 Å². The number of anilines is 1. The molecule has 2 aromatic rings. The van der Waals surface area contributed by atoms with Crippen LogP contribution in [0.5, 0.6) is 0 Å². The highest BCUT2D eigenvalue weighted by Crippen LogP contribution is 2.21. The number of nitrogens with one attached hydrogen (secondary N) is 3. The van der Waals surface area contributed by atoms with E-state index in [1.54, 1.807) is 31.2 Å². The Morgan fingerprint density at radius 2 is 2.19 bits per heavy atom. The quantitative estimate of drug-likeness (QED) is 0.621. The molecule has 11 heteroatoms. The van der Waals surface area contributed by atoms with Gasteiger partial charge in [-0.15, -0.1) is 10.2 Å². The average molecular weight is 410 g/mol. The topological polar surface area (TPSA) is 126 Å². The van der Waals surface area contributed by atoms with Crippen molar-refractivity contribution in [2.24, 2.45) is 5.92 Å². The van der Waals surface area contributed by atoms with Crippen LogP contribution in [-0.2, 0) is 16.0 Å². The van der Waals surface area contributed by atoms with Gasteiger partial charge in [-0.2, -0.15) is 0 Å². The molecule has 4 amide bonds. The lowest BCUT2D eigenvalue weighted by Crippen LogP contribution is -2.57. The van der Waals surface area contributed by atoms with E-state index in [1.807, 2.05) is 0 Å². The molecule has 1 fully saturated rings. The lowest BCUT2D eigenvalue weighted by molar-refractivity contribution is -0.125. The highest BCUT2D eigenvalue weighted by atomic mass is 35.5. The number of carbonyl (C=O) groups is 3. The summed E-state index contributed by atoms with van der Waals surface area (Å²) in [5.41, 5.74) is 0.596. The molecule has 1 aliphatic rings. The first-order chi connectivity index (χ1) is 12.9. The lowest BCUT2D eigenvalue weighted by Gasteiger charge is -2.27. The van der Waals surface area contributed by atoms with Crippen LogP contribution >= 0.6 is 23.4 Å². The molecule has 3 rings (SSSR count). The van der Waals surface area contributed by atoms with Gasteiger partial charge in [-0.3, -0.25) is 14.9 Å². The van der Waals surface area contributed by atoms with Gasteiger partial charge in [0.15, 0.2) is 0 Å². The maximum absolute atomic E-state index is 12.0. The third kappa shape index (κ3) is 5.20. The number of halogens is 1. The first kappa shape index (κ1) is 19.2. The molecule has 9 nitrogen and oxygen atoms in total. The van der Waals surface area contributed by atoms with E-state index in [9.17, 15) is 14.4 Å². The normalized spacial score (nSPS) is 19.3. The fraction of sp³-hybridized carbons (Fsp3) is 0.312. The van der Waals surface area contributed by atoms with Crippen molar-refractivity contribution in [3.63, 3.8) is 0 Å². The van der Waals surface area contributed by atoms with Gasteiger partial charge in [-0.25, -0.2) is 4.79 Å². The highest BCUT2D eigenvalue weighted by molar-refractivity contribution is 7.99. The number of rotatable bonds is 6. The fourth-order valence-corrected chi connectivity index (χ4v) is 3.27. The third-order valence-corrected chi connectivity index (χ3v) is 4.87. The molecule has 1 aromatic heterocycles. The number of carbonyl (C=O) groups excluding carboxylic acids is 3. The van der Waals surface area contributed by atoms with E-state index >= 15 is 0 Å². The summed E-state index contributed by atoms with van der Waals surface area (Å²) in [6.07, 6.45) is 0.190. The number of aromatic nitrogens is 2. The van der Waals surface area contributed by atoms with E-state index in [2.05, 4.69) is 26.1 Å². The van der Waals surface area contributed by atoms with E-state index in [4.69, 9.17) is 16.0 Å². The molecule has 2 unspecified atom stereocenters. The number of amides is 4. The first-order valence-corrected chi connectivity index (χ1v) is 9.39. The van der Waals surface area contributed by atoms with E-state index in [0.29, 0.717) is 10.7 Å². The van der Waals surface area contributed by atoms with Crippen LogP contribution in [0, 0.1) is 5.92 Å². The number of imide groups is 1. The molecule has 2 atom stereocenters. The Labute approximate surface area is 163 Å². The molecule has 142 valence electrons. The Morgan fingerprint density at radius 1 is 1.37 bits per heavy atom. The molecule has 0 radical (unpaired) electrons. The van der Waals surface area contributed by atoms with Gasteiger partial charge in [0.2, 0.25) is 17.7 Å². The second kappa shape index (κ2) is 8.40. The van der Waals surface area contributed by atoms with Crippen molar-refractivity contribution in [1.82, 2.24) is 20.8 Å². The van der Waals surface area contributed by atoms with Crippen molar-refractivity contribution in [3.05, 3.63) is 35.2 Å². The van der Waals surface area contributed by atoms with Gasteiger partial charge in [0.1, 0.15) is 0 Å². The molecule has 3 N–H and O–H groups in total. The molecule has 27 heavy (non-hydrogen) atoms. The molecular weight excluding hydrogens is 394 g/mol. The lowest BCUT2D eigenvalue weighted by atomic mass is 9.95. The highest BCUT2D eigenvalue weighted by Gasteiger charge is 2.34. The van der Waals surface area contributed by atoms with Gasteiger partial charge >= 0.3 is 6.03 Å². The molecule has 1 aliphatic heterocycles. The van der Waals surface area contributed by atoms with Crippen LogP contribution in [0.2, 0.25) is 5.02 Å². The number of hydrogen-bond donors (Lipinski definition) is 3. The maximum Gasteiger partial charge on any atom is 0.321 e. The van der Waals surface area contributed by atoms with Gasteiger partial charge in [-0.05, 0) is 25.1 Å². The summed E-state index contributed by atoms with van der Waals surface area (Å²) in [4.78, 5) is 35.1. The van der Waals surface area contributed by atoms with Crippen molar-refractivity contribution < 1.29 is 18.8 Å². The van der Waals surface area contributed by atoms with Gasteiger partial charge in [-0.1, -0.05) is 29.4 Å². The average Bonchev–Trinajstić information content (AvgIpc) is 3.04. The van der Waals surface area contributed by atoms with Crippen LogP contribution in [0.15, 0.2) is 33.9 Å². The maximum atomic E-state index is 12.0. The minimum absolute atomic E-state index is 0.0739. The molecule has 1 aromatic carbocycles. The van der Waals surface area contributed by atoms with E-state index in [-0.39, 0.29) is 41.1 Å². The summed E-state index contributed by atoms with van der Waals surface area (Å²) in [5, 5.41) is 16.1. The number of hydrogen-bond acceptors (Lipinski definition) is 7. The number of thioether (sulfide) groups is 1. The Balaban J connectivity index is 1.51. The zero-order valence-corrected chi connectivity index (χ0v) is 15.8. The molecule has 1 saturated heterocycles. The summed E-state index contributed by atoms with van der Waals surface area (Å²) in [7, 11) is 0. The van der Waals surface area contributed by atoms with Crippen LogP contribution in [0.4, 0.5) is 10.5 Å². The van der Waals surface area contributed by atoms with Crippen LogP contribution < -0.4 is 16.0 Å². The summed E-state index contributed by atoms with van der Waals surface area (Å²) < 4.78 is 5.48. The largest absolute Gasteiger partial charge is 0.416 e. The minimum Gasteiger partial charge on any atom is -0.416 e. The van der Waals surface area contributed by atoms with Crippen LogP contribution in [0.1, 0.15) is 12.8 Å². The summed E-state index contributed by atoms with van der Waals surface area (Å²) >= 11 is 6.95. The number of urea groups is 1. The Morgan fingerprint density at radius 3 is 2.93 bits per heavy atom. The molecule has 0 bridgehead atoms. The SMILES string of the molecule is CC1NC(=O)NC(=O)C1Cc1nnc(SCC(=O)Nc2cccc(Cl)c2)o1. The monoisotopic (exact) mass is 409 g/mol. The molecule has 0 saturated carbocycles. The molecule has 0 aliphatic carbocycles. The Kier molecular flexibility index (Phi) is 5.97. The first-order valence-electron chi connectivity index (χ1n) is 8.02. The smallest absolute Gasteiger partial charge is 0.321 e. The van der Waals surface area contributed by atoms with E-state index in [0.717, 1.165) is 11.8 Å². The van der Waals surface area contributed by atoms with Crippen molar-refractivity contribution in [1.29, 1.82) is 0 Å². The minimum atomic E-state index is -0.517. The molecule has 2 heterocycles. The van der Waals surface area contributed by atoms with Crippen LogP contribution in [-0.4, -0.2) is 39.8 Å². The summed E-state index contributed by atoms with van der Waals surface area (Å²) in [5.74, 6) is -0.808. The van der Waals surface area contributed by atoms with E-state index in [1.165, 1.54) is 0 Å². The van der Waals surface area contributed by atoms with Crippen LogP contribution in [0.25, 0.3) is 0 Å². The zero-order valence-electron chi connectivity index (χ0n) is 14.2. The van der Waals surface area contributed by atoms with Gasteiger partial charge in [0.05, 0.1) is 11.7 Å². The van der Waals surface area contributed by atoms with E-state index < -0.39 is 11.9 Å². The fourth-order valence-electron chi connectivity index (χ4n) is 2.50. The molecular formula is C16H16ClN5O4S.